The zero-order chi connectivity index (χ0) is 19.9. The number of hydrogen-bond acceptors (Lipinski definition) is 6. The van der Waals surface area contributed by atoms with Crippen LogP contribution < -0.4 is 20.7 Å². The Hall–Kier alpha value is -3.94. The van der Waals surface area contributed by atoms with Gasteiger partial charge in [-0.25, -0.2) is 9.97 Å². The topological polar surface area (TPSA) is 105 Å². The molecule has 0 spiro atoms. The number of benzene rings is 2. The Balaban J connectivity index is 1.64. The lowest BCUT2D eigenvalue weighted by Gasteiger charge is -2.09. The van der Waals surface area contributed by atoms with Gasteiger partial charge in [-0.2, -0.15) is 0 Å². The first-order valence-corrected chi connectivity index (χ1v) is 8.45. The van der Waals surface area contributed by atoms with Gasteiger partial charge in [-0.15, -0.1) is 0 Å². The first kappa shape index (κ1) is 18.8. The zero-order valence-corrected chi connectivity index (χ0v) is 15.4. The van der Waals surface area contributed by atoms with Gasteiger partial charge in [0.2, 0.25) is 5.91 Å². The van der Waals surface area contributed by atoms with Crippen LogP contribution in [-0.4, -0.2) is 28.9 Å². The molecule has 1 heterocycles. The van der Waals surface area contributed by atoms with E-state index < -0.39 is 0 Å². The monoisotopic (exact) mass is 377 g/mol. The van der Waals surface area contributed by atoms with Crippen molar-refractivity contribution in [2.24, 2.45) is 0 Å². The number of ether oxygens (including phenoxy) is 1. The number of nitrogens with zero attached hydrogens (tertiary/aromatic N) is 2. The minimum Gasteiger partial charge on any atom is -0.497 e. The maximum absolute atomic E-state index is 12.3. The van der Waals surface area contributed by atoms with Crippen molar-refractivity contribution in [1.29, 1.82) is 0 Å². The molecule has 0 saturated carbocycles. The van der Waals surface area contributed by atoms with Gasteiger partial charge >= 0.3 is 0 Å². The van der Waals surface area contributed by atoms with Crippen LogP contribution in [0.1, 0.15) is 17.4 Å². The highest BCUT2D eigenvalue weighted by Gasteiger charge is 2.09. The third-order valence-electron chi connectivity index (χ3n) is 3.69. The maximum atomic E-state index is 12.3. The molecule has 0 aliphatic heterocycles. The van der Waals surface area contributed by atoms with E-state index in [4.69, 9.17) is 4.74 Å². The number of hydrogen-bond donors (Lipinski definition) is 3. The van der Waals surface area contributed by atoms with Crippen molar-refractivity contribution in [3.05, 3.63) is 66.6 Å². The Morgan fingerprint density at radius 2 is 1.64 bits per heavy atom. The Morgan fingerprint density at radius 1 is 0.893 bits per heavy atom. The van der Waals surface area contributed by atoms with Gasteiger partial charge in [-0.1, -0.05) is 6.07 Å². The van der Waals surface area contributed by atoms with Crippen molar-refractivity contribution in [1.82, 2.24) is 9.97 Å². The second-order valence-corrected chi connectivity index (χ2v) is 5.86. The number of nitrogens with one attached hydrogen (secondary N) is 3. The van der Waals surface area contributed by atoms with Crippen LogP contribution in [0.4, 0.5) is 22.9 Å². The van der Waals surface area contributed by atoms with E-state index in [0.29, 0.717) is 22.9 Å². The summed E-state index contributed by atoms with van der Waals surface area (Å²) in [6.07, 6.45) is 2.85. The predicted molar refractivity (Wildman–Crippen MR) is 107 cm³/mol. The molecule has 142 valence electrons. The number of carbonyl (C=O) groups excluding carboxylic acids is 2. The SMILES string of the molecule is COc1ccc(NC(=O)c2cnc(Nc3cccc(NC(C)=O)c3)cn2)cc1. The highest BCUT2D eigenvalue weighted by molar-refractivity contribution is 6.02. The highest BCUT2D eigenvalue weighted by Crippen LogP contribution is 2.19. The van der Waals surface area contributed by atoms with Gasteiger partial charge in [0.1, 0.15) is 17.3 Å². The van der Waals surface area contributed by atoms with Crippen molar-refractivity contribution in [2.75, 3.05) is 23.1 Å². The smallest absolute Gasteiger partial charge is 0.275 e. The lowest BCUT2D eigenvalue weighted by molar-refractivity contribution is -0.114. The van der Waals surface area contributed by atoms with Crippen molar-refractivity contribution in [2.45, 2.75) is 6.92 Å². The molecule has 0 radical (unpaired) electrons. The number of methoxy groups -OCH3 is 1. The minimum absolute atomic E-state index is 0.149. The molecule has 8 nitrogen and oxygen atoms in total. The van der Waals surface area contributed by atoms with E-state index in [1.165, 1.54) is 19.3 Å². The molecule has 28 heavy (non-hydrogen) atoms. The van der Waals surface area contributed by atoms with Crippen LogP contribution in [0.3, 0.4) is 0 Å². The summed E-state index contributed by atoms with van der Waals surface area (Å²) in [6.45, 7) is 1.45. The Bertz CT molecular complexity index is 972. The molecule has 0 saturated heterocycles. The molecule has 0 aliphatic carbocycles. The van der Waals surface area contributed by atoms with E-state index in [0.717, 1.165) is 5.69 Å². The van der Waals surface area contributed by atoms with Gasteiger partial charge in [0, 0.05) is 24.0 Å². The predicted octanol–water partition coefficient (Wildman–Crippen LogP) is 3.44. The molecular weight excluding hydrogens is 358 g/mol. The summed E-state index contributed by atoms with van der Waals surface area (Å²) in [5, 5.41) is 8.53. The van der Waals surface area contributed by atoms with E-state index in [9.17, 15) is 9.59 Å². The fraction of sp³-hybridized carbons (Fsp3) is 0.100. The number of anilines is 4. The number of carbonyl (C=O) groups is 2. The summed E-state index contributed by atoms with van der Waals surface area (Å²) in [5.41, 5.74) is 2.22. The summed E-state index contributed by atoms with van der Waals surface area (Å²) >= 11 is 0. The maximum Gasteiger partial charge on any atom is 0.275 e. The van der Waals surface area contributed by atoms with Gasteiger partial charge in [0.05, 0.1) is 19.5 Å². The summed E-state index contributed by atoms with van der Waals surface area (Å²) in [4.78, 5) is 31.8. The molecule has 1 aromatic heterocycles. The summed E-state index contributed by atoms with van der Waals surface area (Å²) in [7, 11) is 1.58. The van der Waals surface area contributed by atoms with Crippen LogP contribution in [0.15, 0.2) is 60.9 Å². The van der Waals surface area contributed by atoms with Gasteiger partial charge in [0.15, 0.2) is 0 Å². The van der Waals surface area contributed by atoms with Gasteiger partial charge < -0.3 is 20.7 Å². The van der Waals surface area contributed by atoms with Crippen LogP contribution in [0.2, 0.25) is 0 Å². The van der Waals surface area contributed by atoms with Crippen LogP contribution in [0.25, 0.3) is 0 Å². The van der Waals surface area contributed by atoms with E-state index >= 15 is 0 Å². The van der Waals surface area contributed by atoms with E-state index in [1.807, 2.05) is 6.07 Å². The van der Waals surface area contributed by atoms with Gasteiger partial charge in [0.25, 0.3) is 5.91 Å². The molecular formula is C20H19N5O3. The van der Waals surface area contributed by atoms with Crippen molar-refractivity contribution < 1.29 is 14.3 Å². The van der Waals surface area contributed by atoms with E-state index in [1.54, 1.807) is 49.6 Å². The van der Waals surface area contributed by atoms with E-state index in [-0.39, 0.29) is 17.5 Å². The van der Waals surface area contributed by atoms with E-state index in [2.05, 4.69) is 25.9 Å². The summed E-state index contributed by atoms with van der Waals surface area (Å²) < 4.78 is 5.08. The highest BCUT2D eigenvalue weighted by atomic mass is 16.5. The molecule has 0 bridgehead atoms. The molecule has 0 aliphatic rings. The van der Waals surface area contributed by atoms with Crippen LogP contribution in [-0.2, 0) is 4.79 Å². The van der Waals surface area contributed by atoms with Crippen molar-refractivity contribution in [3.8, 4) is 5.75 Å². The Morgan fingerprint density at radius 3 is 2.29 bits per heavy atom. The number of rotatable bonds is 6. The molecule has 0 fully saturated rings. The first-order chi connectivity index (χ1) is 13.5. The molecule has 0 atom stereocenters. The fourth-order valence-electron chi connectivity index (χ4n) is 2.41. The second kappa shape index (κ2) is 8.63. The van der Waals surface area contributed by atoms with Crippen LogP contribution >= 0.6 is 0 Å². The van der Waals surface area contributed by atoms with Gasteiger partial charge in [-0.05, 0) is 42.5 Å². The van der Waals surface area contributed by atoms with Crippen LogP contribution in [0, 0.1) is 0 Å². The standard InChI is InChI=1S/C20H19N5O3/c1-13(26)23-15-4-3-5-16(10-15)24-19-12-21-18(11-22-19)20(27)25-14-6-8-17(28-2)9-7-14/h3-12H,1-2H3,(H,22,24)(H,23,26)(H,25,27). The summed E-state index contributed by atoms with van der Waals surface area (Å²) in [5.74, 6) is 0.665. The molecule has 0 unspecified atom stereocenters. The number of aromatic nitrogens is 2. The first-order valence-electron chi connectivity index (χ1n) is 8.45. The molecule has 3 aromatic rings. The van der Waals surface area contributed by atoms with Crippen molar-refractivity contribution >= 4 is 34.7 Å². The lowest BCUT2D eigenvalue weighted by Crippen LogP contribution is -2.14. The van der Waals surface area contributed by atoms with Gasteiger partial charge in [-0.3, -0.25) is 9.59 Å². The fourth-order valence-corrected chi connectivity index (χ4v) is 2.41. The van der Waals surface area contributed by atoms with Crippen LogP contribution in [0.5, 0.6) is 5.75 Å². The largest absolute Gasteiger partial charge is 0.497 e. The molecule has 3 N–H and O–H groups in total. The molecule has 2 amide bonds. The quantitative estimate of drug-likeness (QED) is 0.608. The molecule has 3 rings (SSSR count). The molecule has 8 heteroatoms. The average Bonchev–Trinajstić information content (AvgIpc) is 2.69. The average molecular weight is 377 g/mol. The summed E-state index contributed by atoms with van der Waals surface area (Å²) in [6, 6.07) is 14.2. The normalized spacial score (nSPS) is 10.1. The zero-order valence-electron chi connectivity index (χ0n) is 15.4. The third-order valence-corrected chi connectivity index (χ3v) is 3.69. The number of amides is 2. The lowest BCUT2D eigenvalue weighted by atomic mass is 10.2. The minimum atomic E-state index is -0.364. The third kappa shape index (κ3) is 5.04. The Kier molecular flexibility index (Phi) is 5.81. The Labute approximate surface area is 162 Å². The van der Waals surface area contributed by atoms with Crippen molar-refractivity contribution in [3.63, 3.8) is 0 Å². The second-order valence-electron chi connectivity index (χ2n) is 5.86. The molecule has 2 aromatic carbocycles.